The third-order valence-corrected chi connectivity index (χ3v) is 4.39. The number of nitrogens with zero attached hydrogens (tertiary/aromatic N) is 3. The topological polar surface area (TPSA) is 77.1 Å². The van der Waals surface area contributed by atoms with E-state index in [0.717, 1.165) is 17.5 Å². The van der Waals surface area contributed by atoms with Crippen molar-refractivity contribution in [1.82, 2.24) is 14.3 Å². The van der Waals surface area contributed by atoms with Crippen LogP contribution in [0.4, 0.5) is 0 Å². The van der Waals surface area contributed by atoms with Gasteiger partial charge in [-0.25, -0.2) is 14.3 Å². The minimum absolute atomic E-state index is 0.283. The standard InChI is InChI=1S/C15H16ClN3O3/c1-9-5-6-10(7-11(9)16)8-18-15(22)19-12(14(20)21)3-2-4-13(19)17-18/h5-7,12H,2-4,8H2,1H3,(H,20,21)/t12-/m0/s1. The number of carboxylic acids is 1. The van der Waals surface area contributed by atoms with Crippen LogP contribution in [0.2, 0.25) is 5.02 Å². The summed E-state index contributed by atoms with van der Waals surface area (Å²) in [5.74, 6) is -0.442. The molecule has 0 radical (unpaired) electrons. The summed E-state index contributed by atoms with van der Waals surface area (Å²) >= 11 is 6.09. The molecule has 0 saturated carbocycles. The molecule has 1 atom stereocenters. The van der Waals surface area contributed by atoms with Crippen molar-refractivity contribution in [3.05, 3.63) is 50.7 Å². The molecule has 0 bridgehead atoms. The van der Waals surface area contributed by atoms with Gasteiger partial charge in [0.05, 0.1) is 6.54 Å². The number of rotatable bonds is 3. The fourth-order valence-corrected chi connectivity index (χ4v) is 2.98. The monoisotopic (exact) mass is 321 g/mol. The molecule has 2 aromatic rings. The fraction of sp³-hybridized carbons (Fsp3) is 0.400. The predicted octanol–water partition coefficient (Wildman–Crippen LogP) is 2.02. The van der Waals surface area contributed by atoms with Crippen LogP contribution in [-0.2, 0) is 17.8 Å². The number of fused-ring (bicyclic) bond motifs is 1. The summed E-state index contributed by atoms with van der Waals surface area (Å²) in [7, 11) is 0. The predicted molar refractivity (Wildman–Crippen MR) is 81.4 cm³/mol. The fourth-order valence-electron chi connectivity index (χ4n) is 2.78. The molecule has 22 heavy (non-hydrogen) atoms. The Bertz CT molecular complexity index is 794. The number of hydrogen-bond acceptors (Lipinski definition) is 3. The number of halogens is 1. The molecule has 0 aliphatic carbocycles. The molecule has 2 heterocycles. The van der Waals surface area contributed by atoms with Crippen LogP contribution in [0.5, 0.6) is 0 Å². The van der Waals surface area contributed by atoms with Crippen LogP contribution in [0.25, 0.3) is 0 Å². The largest absolute Gasteiger partial charge is 0.480 e. The van der Waals surface area contributed by atoms with Gasteiger partial charge in [-0.3, -0.25) is 4.57 Å². The van der Waals surface area contributed by atoms with Crippen molar-refractivity contribution >= 4 is 17.6 Å². The second kappa shape index (κ2) is 5.61. The molecular formula is C15H16ClN3O3. The zero-order valence-corrected chi connectivity index (χ0v) is 12.9. The first kappa shape index (κ1) is 14.8. The van der Waals surface area contributed by atoms with Crippen molar-refractivity contribution in [3.8, 4) is 0 Å². The zero-order chi connectivity index (χ0) is 15.9. The van der Waals surface area contributed by atoms with Gasteiger partial charge in [0.2, 0.25) is 0 Å². The van der Waals surface area contributed by atoms with E-state index in [0.29, 0.717) is 23.7 Å². The Balaban J connectivity index is 1.97. The van der Waals surface area contributed by atoms with Gasteiger partial charge >= 0.3 is 11.7 Å². The molecule has 1 N–H and O–H groups in total. The highest BCUT2D eigenvalue weighted by Gasteiger charge is 2.30. The summed E-state index contributed by atoms with van der Waals surface area (Å²) in [6, 6.07) is 4.77. The van der Waals surface area contributed by atoms with Gasteiger partial charge in [0.1, 0.15) is 11.9 Å². The van der Waals surface area contributed by atoms with E-state index >= 15 is 0 Å². The van der Waals surface area contributed by atoms with Crippen molar-refractivity contribution in [2.24, 2.45) is 0 Å². The Hall–Kier alpha value is -2.08. The molecule has 1 aromatic carbocycles. The van der Waals surface area contributed by atoms with Crippen molar-refractivity contribution < 1.29 is 9.90 Å². The number of hydrogen-bond donors (Lipinski definition) is 1. The lowest BCUT2D eigenvalue weighted by atomic mass is 10.1. The number of benzene rings is 1. The van der Waals surface area contributed by atoms with Gasteiger partial charge in [-0.15, -0.1) is 0 Å². The minimum Gasteiger partial charge on any atom is -0.480 e. The molecular weight excluding hydrogens is 306 g/mol. The summed E-state index contributed by atoms with van der Waals surface area (Å²) in [5, 5.41) is 14.2. The Morgan fingerprint density at radius 2 is 2.27 bits per heavy atom. The molecule has 6 nitrogen and oxygen atoms in total. The molecule has 0 amide bonds. The Morgan fingerprint density at radius 1 is 1.50 bits per heavy atom. The van der Waals surface area contributed by atoms with Gasteiger partial charge in [-0.05, 0) is 37.0 Å². The molecule has 0 fully saturated rings. The molecule has 1 aliphatic heterocycles. The molecule has 0 unspecified atom stereocenters. The third kappa shape index (κ3) is 2.54. The lowest BCUT2D eigenvalue weighted by Crippen LogP contribution is -2.34. The number of carbonyl (C=O) groups is 1. The summed E-state index contributed by atoms with van der Waals surface area (Å²) in [5.41, 5.74) is 1.45. The Labute approximate surface area is 131 Å². The van der Waals surface area contributed by atoms with Gasteiger partial charge in [0, 0.05) is 11.4 Å². The van der Waals surface area contributed by atoms with E-state index in [2.05, 4.69) is 5.10 Å². The van der Waals surface area contributed by atoms with Crippen LogP contribution in [0.3, 0.4) is 0 Å². The van der Waals surface area contributed by atoms with Crippen LogP contribution in [0, 0.1) is 6.92 Å². The average Bonchev–Trinajstić information content (AvgIpc) is 2.79. The van der Waals surface area contributed by atoms with Gasteiger partial charge < -0.3 is 5.11 Å². The summed E-state index contributed by atoms with van der Waals surface area (Å²) in [6.45, 7) is 2.19. The Morgan fingerprint density at radius 3 is 2.95 bits per heavy atom. The number of aliphatic carboxylic acids is 1. The summed E-state index contributed by atoms with van der Waals surface area (Å²) in [6.07, 6.45) is 1.81. The first-order valence-electron chi connectivity index (χ1n) is 7.13. The molecule has 116 valence electrons. The van der Waals surface area contributed by atoms with Crippen molar-refractivity contribution in [2.45, 2.75) is 38.8 Å². The van der Waals surface area contributed by atoms with E-state index in [1.54, 1.807) is 6.07 Å². The first-order valence-corrected chi connectivity index (χ1v) is 7.51. The second-order valence-electron chi connectivity index (χ2n) is 5.56. The first-order chi connectivity index (χ1) is 10.5. The van der Waals surface area contributed by atoms with E-state index in [1.807, 2.05) is 19.1 Å². The van der Waals surface area contributed by atoms with Crippen molar-refractivity contribution in [1.29, 1.82) is 0 Å². The van der Waals surface area contributed by atoms with E-state index in [1.165, 1.54) is 9.25 Å². The van der Waals surface area contributed by atoms with E-state index in [4.69, 9.17) is 11.6 Å². The number of aromatic nitrogens is 3. The maximum absolute atomic E-state index is 12.5. The number of aryl methyl sites for hydroxylation is 2. The normalized spacial score (nSPS) is 17.3. The molecule has 0 saturated heterocycles. The zero-order valence-electron chi connectivity index (χ0n) is 12.1. The number of carboxylic acid groups (broad SMARTS) is 1. The van der Waals surface area contributed by atoms with E-state index < -0.39 is 12.0 Å². The lowest BCUT2D eigenvalue weighted by Gasteiger charge is -2.19. The average molecular weight is 322 g/mol. The van der Waals surface area contributed by atoms with Crippen LogP contribution in [0.15, 0.2) is 23.0 Å². The third-order valence-electron chi connectivity index (χ3n) is 3.98. The Kier molecular flexibility index (Phi) is 3.78. The SMILES string of the molecule is Cc1ccc(Cn2nc3n(c2=O)[C@H](C(=O)O)CCC3)cc1Cl. The highest BCUT2D eigenvalue weighted by molar-refractivity contribution is 6.31. The van der Waals surface area contributed by atoms with Gasteiger partial charge in [-0.1, -0.05) is 23.7 Å². The smallest absolute Gasteiger partial charge is 0.347 e. The van der Waals surface area contributed by atoms with Crippen molar-refractivity contribution in [2.75, 3.05) is 0 Å². The van der Waals surface area contributed by atoms with Crippen LogP contribution < -0.4 is 5.69 Å². The van der Waals surface area contributed by atoms with Gasteiger partial charge in [0.15, 0.2) is 0 Å². The summed E-state index contributed by atoms with van der Waals surface area (Å²) < 4.78 is 2.62. The van der Waals surface area contributed by atoms with E-state index in [-0.39, 0.29) is 12.2 Å². The highest BCUT2D eigenvalue weighted by atomic mass is 35.5. The molecule has 7 heteroatoms. The molecule has 1 aromatic heterocycles. The van der Waals surface area contributed by atoms with Crippen molar-refractivity contribution in [3.63, 3.8) is 0 Å². The maximum Gasteiger partial charge on any atom is 0.347 e. The van der Waals surface area contributed by atoms with Crippen LogP contribution >= 0.6 is 11.6 Å². The molecule has 0 spiro atoms. The maximum atomic E-state index is 12.5. The molecule has 1 aliphatic rings. The lowest BCUT2D eigenvalue weighted by molar-refractivity contribution is -0.141. The second-order valence-corrected chi connectivity index (χ2v) is 5.96. The highest BCUT2D eigenvalue weighted by Crippen LogP contribution is 2.22. The minimum atomic E-state index is -0.985. The van der Waals surface area contributed by atoms with Crippen LogP contribution in [-0.4, -0.2) is 25.4 Å². The van der Waals surface area contributed by atoms with E-state index in [9.17, 15) is 14.7 Å². The van der Waals surface area contributed by atoms with Crippen LogP contribution in [0.1, 0.15) is 35.8 Å². The molecule has 3 rings (SSSR count). The summed E-state index contributed by atoms with van der Waals surface area (Å²) in [4.78, 5) is 23.8. The van der Waals surface area contributed by atoms with Gasteiger partial charge in [0.25, 0.3) is 0 Å². The quantitative estimate of drug-likeness (QED) is 0.938. The van der Waals surface area contributed by atoms with Gasteiger partial charge in [-0.2, -0.15) is 5.10 Å².